The van der Waals surface area contributed by atoms with E-state index in [1.54, 1.807) is 0 Å². The molecule has 0 bridgehead atoms. The Morgan fingerprint density at radius 1 is 0.500 bits per heavy atom. The summed E-state index contributed by atoms with van der Waals surface area (Å²) in [4.78, 5) is 48.2. The molecule has 2 aliphatic rings. The number of Topliss-reactive ketones (excluding diaryl/α,β-unsaturated/α-hetero) is 2. The molecule has 2 aromatic heterocycles. The lowest BCUT2D eigenvalue weighted by molar-refractivity contribution is 0.0980. The second-order valence-corrected chi connectivity index (χ2v) is 8.07. The number of nitrogens with one attached hydrogen (secondary N) is 2. The molecule has 0 saturated heterocycles. The van der Waals surface area contributed by atoms with E-state index in [9.17, 15) is 19.2 Å². The Labute approximate surface area is 216 Å². The van der Waals surface area contributed by atoms with E-state index in [1.165, 1.54) is 36.7 Å². The Hall–Kier alpha value is -5.64. The van der Waals surface area contributed by atoms with E-state index in [0.717, 1.165) is 11.4 Å². The molecule has 0 saturated carbocycles. The SMILES string of the molecule is O=C1C(Nc2ccccc2)=CC(=O)c2nnccc21.O=C1C=C(Nc2ccccc2)C(=O)c2nnccc21. The van der Waals surface area contributed by atoms with Crippen molar-refractivity contribution in [1.29, 1.82) is 0 Å². The number of hydrogen-bond donors (Lipinski definition) is 2. The number of carbonyl (C=O) groups is 4. The van der Waals surface area contributed by atoms with Crippen molar-refractivity contribution in [1.82, 2.24) is 20.4 Å². The van der Waals surface area contributed by atoms with E-state index in [1.807, 2.05) is 60.7 Å². The summed E-state index contributed by atoms with van der Waals surface area (Å²) in [5, 5.41) is 20.6. The highest BCUT2D eigenvalue weighted by molar-refractivity contribution is 6.25. The molecule has 2 aliphatic carbocycles. The summed E-state index contributed by atoms with van der Waals surface area (Å²) in [7, 11) is 0. The molecule has 0 atom stereocenters. The second-order valence-electron chi connectivity index (χ2n) is 8.07. The van der Waals surface area contributed by atoms with Gasteiger partial charge in [-0.2, -0.15) is 10.2 Å². The first-order valence-electron chi connectivity index (χ1n) is 11.4. The van der Waals surface area contributed by atoms with Gasteiger partial charge >= 0.3 is 0 Å². The van der Waals surface area contributed by atoms with Crippen molar-refractivity contribution in [3.8, 4) is 0 Å². The van der Waals surface area contributed by atoms with E-state index in [-0.39, 0.29) is 51.5 Å². The minimum atomic E-state index is -0.327. The zero-order valence-electron chi connectivity index (χ0n) is 19.7. The van der Waals surface area contributed by atoms with Gasteiger partial charge in [0.25, 0.3) is 0 Å². The van der Waals surface area contributed by atoms with Crippen LogP contribution in [0.1, 0.15) is 41.7 Å². The molecular weight excluding hydrogens is 484 g/mol. The number of para-hydroxylation sites is 2. The number of fused-ring (bicyclic) bond motifs is 2. The fraction of sp³-hybridized carbons (Fsp3) is 0. The normalized spacial score (nSPS) is 13.8. The van der Waals surface area contributed by atoms with Crippen molar-refractivity contribution in [2.24, 2.45) is 0 Å². The molecule has 0 radical (unpaired) electrons. The Balaban J connectivity index is 0.000000155. The first-order valence-corrected chi connectivity index (χ1v) is 11.4. The molecule has 0 fully saturated rings. The number of allylic oxidation sites excluding steroid dienone is 4. The number of rotatable bonds is 4. The highest BCUT2D eigenvalue weighted by Crippen LogP contribution is 2.21. The standard InChI is InChI=1S/2C14H9N3O2/c18-12-8-11(16-9-4-2-1-3-5-9)14(19)10-6-7-15-17-13(10)12;18-12-8-11(16-9-4-2-1-3-5-9)14(19)13-10(12)6-7-15-17-13/h2*1-8,16H. The Bertz CT molecular complexity index is 1510. The Morgan fingerprint density at radius 2 is 1.00 bits per heavy atom. The molecule has 2 heterocycles. The summed E-state index contributed by atoms with van der Waals surface area (Å²) in [6.07, 6.45) is 5.34. The van der Waals surface area contributed by atoms with Gasteiger partial charge in [0.2, 0.25) is 17.3 Å². The van der Waals surface area contributed by atoms with Crippen molar-refractivity contribution < 1.29 is 19.2 Å². The summed E-state index contributed by atoms with van der Waals surface area (Å²) in [5.74, 6) is -1.15. The smallest absolute Gasteiger partial charge is 0.230 e. The zero-order chi connectivity index (χ0) is 26.5. The van der Waals surface area contributed by atoms with Gasteiger partial charge in [-0.25, -0.2) is 0 Å². The molecule has 4 aromatic rings. The van der Waals surface area contributed by atoms with Gasteiger partial charge in [0.1, 0.15) is 11.4 Å². The predicted molar refractivity (Wildman–Crippen MR) is 138 cm³/mol. The fourth-order valence-corrected chi connectivity index (χ4v) is 3.75. The van der Waals surface area contributed by atoms with Crippen molar-refractivity contribution in [2.75, 3.05) is 10.6 Å². The minimum absolute atomic E-state index is 0.0911. The van der Waals surface area contributed by atoms with Crippen molar-refractivity contribution in [3.05, 3.63) is 131 Å². The molecule has 2 aromatic carbocycles. The van der Waals surface area contributed by atoms with E-state index in [4.69, 9.17) is 0 Å². The van der Waals surface area contributed by atoms with Crippen LogP contribution in [-0.4, -0.2) is 43.5 Å². The summed E-state index contributed by atoms with van der Waals surface area (Å²) in [5.41, 5.74) is 2.71. The highest BCUT2D eigenvalue weighted by atomic mass is 16.1. The van der Waals surface area contributed by atoms with E-state index < -0.39 is 0 Å². The molecule has 184 valence electrons. The van der Waals surface area contributed by atoms with Crippen LogP contribution in [0.25, 0.3) is 0 Å². The molecule has 2 N–H and O–H groups in total. The maximum absolute atomic E-state index is 12.2. The molecule has 38 heavy (non-hydrogen) atoms. The fourth-order valence-electron chi connectivity index (χ4n) is 3.75. The lowest BCUT2D eigenvalue weighted by Crippen LogP contribution is -2.23. The van der Waals surface area contributed by atoms with E-state index >= 15 is 0 Å². The van der Waals surface area contributed by atoms with Gasteiger partial charge in [-0.05, 0) is 36.4 Å². The third kappa shape index (κ3) is 5.00. The van der Waals surface area contributed by atoms with Crippen LogP contribution < -0.4 is 10.6 Å². The lowest BCUT2D eigenvalue weighted by atomic mass is 9.98. The second kappa shape index (κ2) is 10.5. The topological polar surface area (TPSA) is 144 Å². The molecule has 0 unspecified atom stereocenters. The summed E-state index contributed by atoms with van der Waals surface area (Å²) in [6, 6.07) is 21.4. The van der Waals surface area contributed by atoms with Crippen molar-refractivity contribution in [2.45, 2.75) is 0 Å². The number of nitrogens with zero attached hydrogens (tertiary/aromatic N) is 4. The van der Waals surface area contributed by atoms with E-state index in [0.29, 0.717) is 5.56 Å². The monoisotopic (exact) mass is 502 g/mol. The number of aromatic nitrogens is 4. The third-order valence-electron chi connectivity index (χ3n) is 5.55. The molecule has 0 amide bonds. The summed E-state index contributed by atoms with van der Waals surface area (Å²) >= 11 is 0. The number of carbonyl (C=O) groups excluding carboxylic acids is 4. The third-order valence-corrected chi connectivity index (χ3v) is 5.55. The van der Waals surface area contributed by atoms with Crippen LogP contribution in [-0.2, 0) is 0 Å². The van der Waals surface area contributed by atoms with Gasteiger partial charge in [0.05, 0.1) is 34.9 Å². The van der Waals surface area contributed by atoms with Crippen LogP contribution in [0.15, 0.2) is 109 Å². The molecular formula is C28H18N6O4. The van der Waals surface area contributed by atoms with Crippen LogP contribution >= 0.6 is 0 Å². The predicted octanol–water partition coefficient (Wildman–Crippen LogP) is 3.70. The maximum atomic E-state index is 12.2. The maximum Gasteiger partial charge on any atom is 0.230 e. The highest BCUT2D eigenvalue weighted by Gasteiger charge is 2.28. The van der Waals surface area contributed by atoms with Gasteiger partial charge < -0.3 is 10.6 Å². The number of hydrogen-bond acceptors (Lipinski definition) is 10. The van der Waals surface area contributed by atoms with Gasteiger partial charge in [-0.3, -0.25) is 19.2 Å². The Morgan fingerprint density at radius 3 is 1.61 bits per heavy atom. The van der Waals surface area contributed by atoms with Crippen LogP contribution in [0.5, 0.6) is 0 Å². The van der Waals surface area contributed by atoms with Gasteiger partial charge in [0.15, 0.2) is 5.78 Å². The van der Waals surface area contributed by atoms with Crippen LogP contribution in [0.2, 0.25) is 0 Å². The largest absolute Gasteiger partial charge is 0.352 e. The van der Waals surface area contributed by atoms with Crippen molar-refractivity contribution in [3.63, 3.8) is 0 Å². The van der Waals surface area contributed by atoms with E-state index in [2.05, 4.69) is 31.0 Å². The molecule has 10 heteroatoms. The quantitative estimate of drug-likeness (QED) is 0.424. The average Bonchev–Trinajstić information content (AvgIpc) is 2.96. The lowest BCUT2D eigenvalue weighted by Gasteiger charge is -2.15. The molecule has 0 aliphatic heterocycles. The summed E-state index contributed by atoms with van der Waals surface area (Å²) in [6.45, 7) is 0. The van der Waals surface area contributed by atoms with Crippen molar-refractivity contribution >= 4 is 34.5 Å². The molecule has 0 spiro atoms. The number of benzene rings is 2. The first-order chi connectivity index (χ1) is 18.5. The van der Waals surface area contributed by atoms with Crippen LogP contribution in [0.3, 0.4) is 0 Å². The zero-order valence-corrected chi connectivity index (χ0v) is 19.7. The molecule has 10 nitrogen and oxygen atoms in total. The number of anilines is 2. The van der Waals surface area contributed by atoms with Gasteiger partial charge in [-0.1, -0.05) is 36.4 Å². The Kier molecular flexibility index (Phi) is 6.68. The minimum Gasteiger partial charge on any atom is -0.352 e. The summed E-state index contributed by atoms with van der Waals surface area (Å²) < 4.78 is 0. The molecule has 6 rings (SSSR count). The van der Waals surface area contributed by atoms with Gasteiger partial charge in [0, 0.05) is 23.5 Å². The number of ketones is 4. The average molecular weight is 502 g/mol. The van der Waals surface area contributed by atoms with Gasteiger partial charge in [-0.15, -0.1) is 10.2 Å². The first kappa shape index (κ1) is 24.1. The van der Waals surface area contributed by atoms with Crippen LogP contribution in [0.4, 0.5) is 11.4 Å². The van der Waals surface area contributed by atoms with Crippen LogP contribution in [0, 0.1) is 0 Å².